The number of benzene rings is 4. The van der Waals surface area contributed by atoms with Crippen LogP contribution in [0, 0.1) is 10.8 Å². The van der Waals surface area contributed by atoms with Crippen LogP contribution in [0.15, 0.2) is 72.8 Å². The van der Waals surface area contributed by atoms with Crippen LogP contribution < -0.4 is 5.32 Å². The topological polar surface area (TPSA) is 64.6 Å². The maximum Gasteiger partial charge on any atom is 0.339 e. The smallest absolute Gasteiger partial charge is 0.339 e. The highest BCUT2D eigenvalue weighted by Crippen LogP contribution is 2.47. The van der Waals surface area contributed by atoms with Crippen molar-refractivity contribution in [3.63, 3.8) is 0 Å². The second kappa shape index (κ2) is 11.5. The van der Waals surface area contributed by atoms with E-state index < -0.39 is 0 Å². The molecule has 1 aliphatic heterocycles. The summed E-state index contributed by atoms with van der Waals surface area (Å²) >= 11 is 0. The predicted octanol–water partition coefficient (Wildman–Crippen LogP) is 9.89. The summed E-state index contributed by atoms with van der Waals surface area (Å²) in [5, 5.41) is 7.54. The van der Waals surface area contributed by atoms with Crippen molar-refractivity contribution >= 4 is 33.5 Å². The molecule has 1 aliphatic carbocycles. The number of hydrogen-bond donors (Lipinski definition) is 1. The zero-order valence-corrected chi connectivity index (χ0v) is 28.8. The highest BCUT2D eigenvalue weighted by atomic mass is 16.5. The van der Waals surface area contributed by atoms with Crippen LogP contribution in [0.1, 0.15) is 108 Å². The zero-order valence-electron chi connectivity index (χ0n) is 28.8. The second-order valence-corrected chi connectivity index (χ2v) is 16.8. The number of ether oxygens (including phenoxy) is 2. The van der Waals surface area contributed by atoms with Gasteiger partial charge in [0.15, 0.2) is 0 Å². The van der Waals surface area contributed by atoms with E-state index in [-0.39, 0.29) is 46.1 Å². The fourth-order valence-electron chi connectivity index (χ4n) is 8.85. The van der Waals surface area contributed by atoms with Gasteiger partial charge in [-0.25, -0.2) is 9.59 Å². The number of rotatable bonds is 5. The van der Waals surface area contributed by atoms with Crippen molar-refractivity contribution in [2.24, 2.45) is 10.8 Å². The Labute approximate surface area is 274 Å². The van der Waals surface area contributed by atoms with Gasteiger partial charge in [-0.1, -0.05) is 76.2 Å². The van der Waals surface area contributed by atoms with Gasteiger partial charge in [0.05, 0.1) is 11.1 Å². The first-order chi connectivity index (χ1) is 21.5. The number of hydrogen-bond acceptors (Lipinski definition) is 5. The molecule has 46 heavy (non-hydrogen) atoms. The van der Waals surface area contributed by atoms with E-state index in [1.807, 2.05) is 48.5 Å². The van der Waals surface area contributed by atoms with Crippen LogP contribution in [0.25, 0.3) is 32.7 Å². The number of piperidine rings is 1. The van der Waals surface area contributed by atoms with Crippen molar-refractivity contribution in [2.45, 2.75) is 111 Å². The molecule has 5 heteroatoms. The first-order valence-corrected chi connectivity index (χ1v) is 16.8. The normalized spacial score (nSPS) is 20.8. The SMILES string of the molecule is CC1(C)CC(OC(=O)c2cccc3cc(-c4cccc5ccc(C(=O)OC6CC(C)(C)NC(C)(C)C6)cc45)ccc23)CC(C)(C)C1. The van der Waals surface area contributed by atoms with Gasteiger partial charge in [-0.15, -0.1) is 0 Å². The highest BCUT2D eigenvalue weighted by molar-refractivity contribution is 6.07. The van der Waals surface area contributed by atoms with Crippen LogP contribution in [0.2, 0.25) is 0 Å². The van der Waals surface area contributed by atoms with Crippen molar-refractivity contribution < 1.29 is 19.1 Å². The van der Waals surface area contributed by atoms with Gasteiger partial charge in [-0.05, 0) is 115 Å². The number of carbonyl (C=O) groups is 2. The second-order valence-electron chi connectivity index (χ2n) is 16.8. The number of carbonyl (C=O) groups excluding carboxylic acids is 2. The standard InChI is InChI=1S/C41H49NO4/c1-38(2)21-30(22-39(3,4)25-38)46-37(44)34-14-10-12-27-19-28(17-18-33(27)34)32-13-9-11-26-15-16-29(20-35(26)32)36(43)45-31-23-40(5,6)42-41(7,8)24-31/h9-20,30-31,42H,21-25H2,1-8H3. The average molecular weight is 620 g/mol. The van der Waals surface area contributed by atoms with Gasteiger partial charge in [0, 0.05) is 23.9 Å². The van der Waals surface area contributed by atoms with Gasteiger partial charge >= 0.3 is 11.9 Å². The lowest BCUT2D eigenvalue weighted by Crippen LogP contribution is -2.59. The maximum absolute atomic E-state index is 13.5. The Morgan fingerprint density at radius 2 is 1.24 bits per heavy atom. The van der Waals surface area contributed by atoms with E-state index in [2.05, 4.69) is 85.0 Å². The fraction of sp³-hybridized carbons (Fsp3) is 0.463. The van der Waals surface area contributed by atoms with E-state index >= 15 is 0 Å². The molecule has 1 saturated carbocycles. The molecular weight excluding hydrogens is 570 g/mol. The van der Waals surface area contributed by atoms with Crippen molar-refractivity contribution in [1.82, 2.24) is 5.32 Å². The molecule has 1 heterocycles. The molecule has 0 unspecified atom stereocenters. The van der Waals surface area contributed by atoms with Crippen LogP contribution in [-0.2, 0) is 9.47 Å². The third-order valence-electron chi connectivity index (χ3n) is 9.75. The third kappa shape index (κ3) is 7.00. The molecule has 0 radical (unpaired) electrons. The number of nitrogens with one attached hydrogen (secondary N) is 1. The average Bonchev–Trinajstić information content (AvgIpc) is 2.92. The Hall–Kier alpha value is -3.70. The Balaban J connectivity index is 1.27. The van der Waals surface area contributed by atoms with E-state index in [0.717, 1.165) is 64.8 Å². The maximum atomic E-state index is 13.5. The summed E-state index contributed by atoms with van der Waals surface area (Å²) in [6, 6.07) is 24.0. The lowest BCUT2D eigenvalue weighted by molar-refractivity contribution is -0.0282. The van der Waals surface area contributed by atoms with Crippen molar-refractivity contribution in [1.29, 1.82) is 0 Å². The van der Waals surface area contributed by atoms with Crippen LogP contribution in [0.3, 0.4) is 0 Å². The van der Waals surface area contributed by atoms with Crippen molar-refractivity contribution in [3.05, 3.63) is 83.9 Å². The molecule has 0 bridgehead atoms. The molecule has 1 N–H and O–H groups in total. The van der Waals surface area contributed by atoms with Gasteiger partial charge in [-0.3, -0.25) is 0 Å². The minimum Gasteiger partial charge on any atom is -0.459 e. The first-order valence-electron chi connectivity index (χ1n) is 16.8. The summed E-state index contributed by atoms with van der Waals surface area (Å²) in [4.78, 5) is 27.0. The minimum absolute atomic E-state index is 0.0925. The molecule has 242 valence electrons. The molecule has 5 nitrogen and oxygen atoms in total. The Kier molecular flexibility index (Phi) is 8.08. The van der Waals surface area contributed by atoms with E-state index in [0.29, 0.717) is 11.1 Å². The van der Waals surface area contributed by atoms with E-state index in [4.69, 9.17) is 9.47 Å². The molecule has 4 aromatic rings. The molecule has 2 aliphatic rings. The molecular formula is C41H49NO4. The quantitative estimate of drug-likeness (QED) is 0.225. The molecule has 4 aromatic carbocycles. The molecule has 2 fully saturated rings. The summed E-state index contributed by atoms with van der Waals surface area (Å²) in [6.07, 6.45) is 4.17. The molecule has 6 rings (SSSR count). The van der Waals surface area contributed by atoms with Crippen molar-refractivity contribution in [2.75, 3.05) is 0 Å². The van der Waals surface area contributed by atoms with Crippen LogP contribution >= 0.6 is 0 Å². The molecule has 0 spiro atoms. The van der Waals surface area contributed by atoms with E-state index in [9.17, 15) is 9.59 Å². The lowest BCUT2D eigenvalue weighted by Gasteiger charge is -2.45. The predicted molar refractivity (Wildman–Crippen MR) is 187 cm³/mol. The zero-order chi connectivity index (χ0) is 33.1. The van der Waals surface area contributed by atoms with Crippen molar-refractivity contribution in [3.8, 4) is 11.1 Å². The van der Waals surface area contributed by atoms with Gasteiger partial charge in [0.2, 0.25) is 0 Å². The molecule has 0 atom stereocenters. The summed E-state index contributed by atoms with van der Waals surface area (Å²) in [6.45, 7) is 17.7. The molecule has 0 amide bonds. The van der Waals surface area contributed by atoms with Gasteiger partial charge in [0.1, 0.15) is 12.2 Å². The van der Waals surface area contributed by atoms with Crippen LogP contribution in [0.4, 0.5) is 0 Å². The first kappa shape index (κ1) is 32.2. The number of esters is 2. The third-order valence-corrected chi connectivity index (χ3v) is 9.75. The van der Waals surface area contributed by atoms with Crippen LogP contribution in [0.5, 0.6) is 0 Å². The fourth-order valence-corrected chi connectivity index (χ4v) is 8.85. The molecule has 1 saturated heterocycles. The van der Waals surface area contributed by atoms with Gasteiger partial charge in [-0.2, -0.15) is 0 Å². The Morgan fingerprint density at radius 1 is 0.630 bits per heavy atom. The Morgan fingerprint density at radius 3 is 1.93 bits per heavy atom. The molecule has 0 aromatic heterocycles. The minimum atomic E-state index is -0.290. The summed E-state index contributed by atoms with van der Waals surface area (Å²) in [5.74, 6) is -0.549. The summed E-state index contributed by atoms with van der Waals surface area (Å²) < 4.78 is 12.2. The lowest BCUT2D eigenvalue weighted by atomic mass is 9.64. The summed E-state index contributed by atoms with van der Waals surface area (Å²) in [7, 11) is 0. The number of fused-ring (bicyclic) bond motifs is 2. The summed E-state index contributed by atoms with van der Waals surface area (Å²) in [5.41, 5.74) is 3.24. The largest absolute Gasteiger partial charge is 0.459 e. The van der Waals surface area contributed by atoms with Gasteiger partial charge in [0.25, 0.3) is 0 Å². The van der Waals surface area contributed by atoms with Crippen LogP contribution in [-0.4, -0.2) is 35.2 Å². The van der Waals surface area contributed by atoms with Gasteiger partial charge < -0.3 is 14.8 Å². The highest BCUT2D eigenvalue weighted by Gasteiger charge is 2.41. The Bertz CT molecular complexity index is 1780. The van der Waals surface area contributed by atoms with E-state index in [1.54, 1.807) is 0 Å². The van der Waals surface area contributed by atoms with E-state index in [1.165, 1.54) is 0 Å². The monoisotopic (exact) mass is 619 g/mol.